The molecule has 0 aliphatic carbocycles. The fraction of sp³-hybridized carbons (Fsp3) is 0.200. The molecule has 0 fully saturated rings. The highest BCUT2D eigenvalue weighted by Crippen LogP contribution is 2.27. The van der Waals surface area contributed by atoms with Crippen LogP contribution >= 0.6 is 11.3 Å². The quantitative estimate of drug-likeness (QED) is 0.645. The van der Waals surface area contributed by atoms with Gasteiger partial charge in [0.1, 0.15) is 4.88 Å². The highest BCUT2D eigenvalue weighted by molar-refractivity contribution is 7.93. The zero-order valence-electron chi connectivity index (χ0n) is 16.0. The van der Waals surface area contributed by atoms with Crippen molar-refractivity contribution in [3.63, 3.8) is 0 Å². The lowest BCUT2D eigenvalue weighted by Crippen LogP contribution is -2.13. The van der Waals surface area contributed by atoms with Crippen molar-refractivity contribution in [3.8, 4) is 0 Å². The van der Waals surface area contributed by atoms with Crippen LogP contribution in [0.1, 0.15) is 32.1 Å². The molecular formula is C20H21N3O3S2. The van der Waals surface area contributed by atoms with Gasteiger partial charge in [0.05, 0.1) is 10.6 Å². The molecular weight excluding hydrogens is 394 g/mol. The van der Waals surface area contributed by atoms with Crippen molar-refractivity contribution in [2.75, 3.05) is 10.0 Å². The number of carbonyl (C=O) groups is 1. The van der Waals surface area contributed by atoms with Gasteiger partial charge in [-0.15, -0.1) is 0 Å². The lowest BCUT2D eigenvalue weighted by molar-refractivity contribution is 0.102. The van der Waals surface area contributed by atoms with E-state index in [1.165, 1.54) is 12.1 Å². The van der Waals surface area contributed by atoms with Gasteiger partial charge < -0.3 is 5.32 Å². The Balaban J connectivity index is 1.82. The SMILES string of the molecule is Cc1ccc(S(=O)(=O)Nc2nc(C)c(C(=O)Nc3cccc(C)c3C)s2)cc1. The molecule has 1 amide bonds. The molecule has 2 N–H and O–H groups in total. The van der Waals surface area contributed by atoms with E-state index in [4.69, 9.17) is 0 Å². The van der Waals surface area contributed by atoms with Crippen LogP contribution in [0, 0.1) is 27.7 Å². The Bertz CT molecular complexity index is 1130. The maximum absolute atomic E-state index is 12.7. The minimum atomic E-state index is -3.76. The first-order valence-electron chi connectivity index (χ1n) is 8.62. The summed E-state index contributed by atoms with van der Waals surface area (Å²) in [6, 6.07) is 12.2. The zero-order valence-corrected chi connectivity index (χ0v) is 17.7. The average Bonchev–Trinajstić information content (AvgIpc) is 2.99. The third kappa shape index (κ3) is 4.23. The Hall–Kier alpha value is -2.71. The first-order valence-corrected chi connectivity index (χ1v) is 10.9. The molecule has 2 aromatic carbocycles. The Labute approximate surface area is 168 Å². The lowest BCUT2D eigenvalue weighted by Gasteiger charge is -2.09. The van der Waals surface area contributed by atoms with Crippen LogP contribution in [-0.4, -0.2) is 19.3 Å². The molecule has 0 atom stereocenters. The second kappa shape index (κ2) is 7.73. The number of carbonyl (C=O) groups excluding carboxylic acids is 1. The normalized spacial score (nSPS) is 11.3. The fourth-order valence-corrected chi connectivity index (χ4v) is 4.70. The first-order chi connectivity index (χ1) is 13.2. The van der Waals surface area contributed by atoms with E-state index in [1.807, 2.05) is 39.0 Å². The summed E-state index contributed by atoms with van der Waals surface area (Å²) in [5.41, 5.74) is 4.21. The van der Waals surface area contributed by atoms with Gasteiger partial charge in [-0.2, -0.15) is 0 Å². The van der Waals surface area contributed by atoms with Crippen molar-refractivity contribution < 1.29 is 13.2 Å². The van der Waals surface area contributed by atoms with Gasteiger partial charge in [0.25, 0.3) is 15.9 Å². The van der Waals surface area contributed by atoms with E-state index in [-0.39, 0.29) is 15.9 Å². The summed E-state index contributed by atoms with van der Waals surface area (Å²) in [6.45, 7) is 7.47. The molecule has 0 saturated heterocycles. The third-order valence-electron chi connectivity index (χ3n) is 4.41. The number of amides is 1. The van der Waals surface area contributed by atoms with Gasteiger partial charge in [-0.25, -0.2) is 13.4 Å². The van der Waals surface area contributed by atoms with Crippen LogP contribution in [-0.2, 0) is 10.0 Å². The molecule has 0 radical (unpaired) electrons. The number of sulfonamides is 1. The second-order valence-electron chi connectivity index (χ2n) is 6.55. The standard InChI is InChI=1S/C20H21N3O3S2/c1-12-8-10-16(11-9-12)28(25,26)23-20-21-15(4)18(27-20)19(24)22-17-7-5-6-13(2)14(17)3/h5-11H,1-4H3,(H,21,23)(H,22,24). The Morgan fingerprint density at radius 1 is 1.00 bits per heavy atom. The smallest absolute Gasteiger partial charge is 0.267 e. The minimum absolute atomic E-state index is 0.146. The van der Waals surface area contributed by atoms with E-state index in [1.54, 1.807) is 19.1 Å². The number of benzene rings is 2. The molecule has 0 bridgehead atoms. The van der Waals surface area contributed by atoms with Crippen LogP contribution in [0.25, 0.3) is 0 Å². The van der Waals surface area contributed by atoms with Gasteiger partial charge in [0, 0.05) is 5.69 Å². The van der Waals surface area contributed by atoms with Crippen LogP contribution < -0.4 is 10.0 Å². The second-order valence-corrected chi connectivity index (χ2v) is 9.24. The van der Waals surface area contributed by atoms with E-state index < -0.39 is 10.0 Å². The van der Waals surface area contributed by atoms with Crippen molar-refractivity contribution in [1.29, 1.82) is 0 Å². The summed E-state index contributed by atoms with van der Waals surface area (Å²) in [5, 5.41) is 3.03. The maximum atomic E-state index is 12.7. The molecule has 6 nitrogen and oxygen atoms in total. The number of aryl methyl sites for hydroxylation is 3. The number of thiazole rings is 1. The lowest BCUT2D eigenvalue weighted by atomic mass is 10.1. The van der Waals surface area contributed by atoms with E-state index in [9.17, 15) is 13.2 Å². The topological polar surface area (TPSA) is 88.2 Å². The Kier molecular flexibility index (Phi) is 5.53. The van der Waals surface area contributed by atoms with E-state index in [0.29, 0.717) is 10.6 Å². The molecule has 1 aromatic heterocycles. The summed E-state index contributed by atoms with van der Waals surface area (Å²) in [4.78, 5) is 17.4. The molecule has 0 unspecified atom stereocenters. The predicted molar refractivity (Wildman–Crippen MR) is 113 cm³/mol. The monoisotopic (exact) mass is 415 g/mol. The van der Waals surface area contributed by atoms with Crippen molar-refractivity contribution in [2.45, 2.75) is 32.6 Å². The van der Waals surface area contributed by atoms with Crippen molar-refractivity contribution in [2.24, 2.45) is 0 Å². The molecule has 8 heteroatoms. The van der Waals surface area contributed by atoms with Gasteiger partial charge in [-0.1, -0.05) is 41.2 Å². The molecule has 3 rings (SSSR count). The highest BCUT2D eigenvalue weighted by atomic mass is 32.2. The minimum Gasteiger partial charge on any atom is -0.321 e. The Morgan fingerprint density at radius 2 is 1.68 bits per heavy atom. The zero-order chi connectivity index (χ0) is 20.5. The van der Waals surface area contributed by atoms with Gasteiger partial charge in [-0.05, 0) is 57.0 Å². The maximum Gasteiger partial charge on any atom is 0.267 e. The first kappa shape index (κ1) is 20.0. The van der Waals surface area contributed by atoms with E-state index in [0.717, 1.165) is 33.7 Å². The van der Waals surface area contributed by atoms with Gasteiger partial charge >= 0.3 is 0 Å². The molecule has 0 saturated carbocycles. The van der Waals surface area contributed by atoms with Gasteiger partial charge in [-0.3, -0.25) is 9.52 Å². The van der Waals surface area contributed by atoms with Crippen LogP contribution in [0.4, 0.5) is 10.8 Å². The molecule has 146 valence electrons. The number of rotatable bonds is 5. The molecule has 1 heterocycles. The summed E-state index contributed by atoms with van der Waals surface area (Å²) >= 11 is 1.01. The van der Waals surface area contributed by atoms with Crippen molar-refractivity contribution in [1.82, 2.24) is 4.98 Å². The highest BCUT2D eigenvalue weighted by Gasteiger charge is 2.20. The number of aromatic nitrogens is 1. The number of nitrogens with one attached hydrogen (secondary N) is 2. The molecule has 0 aliphatic heterocycles. The molecule has 0 spiro atoms. The van der Waals surface area contributed by atoms with Crippen LogP contribution in [0.15, 0.2) is 47.4 Å². The molecule has 3 aromatic rings. The number of anilines is 2. The summed E-state index contributed by atoms with van der Waals surface area (Å²) in [6.07, 6.45) is 0. The van der Waals surface area contributed by atoms with Crippen LogP contribution in [0.3, 0.4) is 0 Å². The average molecular weight is 416 g/mol. The van der Waals surface area contributed by atoms with Crippen LogP contribution in [0.5, 0.6) is 0 Å². The number of hydrogen-bond acceptors (Lipinski definition) is 5. The third-order valence-corrected chi connectivity index (χ3v) is 6.96. The van der Waals surface area contributed by atoms with Crippen molar-refractivity contribution in [3.05, 3.63) is 69.7 Å². The fourth-order valence-electron chi connectivity index (χ4n) is 2.61. The van der Waals surface area contributed by atoms with Gasteiger partial charge in [0.2, 0.25) is 0 Å². The summed E-state index contributed by atoms with van der Waals surface area (Å²) in [7, 11) is -3.76. The summed E-state index contributed by atoms with van der Waals surface area (Å²) < 4.78 is 27.5. The Morgan fingerprint density at radius 3 is 2.36 bits per heavy atom. The van der Waals surface area contributed by atoms with Gasteiger partial charge in [0.15, 0.2) is 5.13 Å². The number of nitrogens with zero attached hydrogens (tertiary/aromatic N) is 1. The largest absolute Gasteiger partial charge is 0.321 e. The van der Waals surface area contributed by atoms with Crippen LogP contribution in [0.2, 0.25) is 0 Å². The van der Waals surface area contributed by atoms with Crippen molar-refractivity contribution >= 4 is 38.1 Å². The summed E-state index contributed by atoms with van der Waals surface area (Å²) in [5.74, 6) is -0.315. The molecule has 0 aliphatic rings. The number of hydrogen-bond donors (Lipinski definition) is 2. The predicted octanol–water partition coefficient (Wildman–Crippen LogP) is 4.43. The van der Waals surface area contributed by atoms with E-state index >= 15 is 0 Å². The van der Waals surface area contributed by atoms with E-state index in [2.05, 4.69) is 15.0 Å². The molecule has 28 heavy (non-hydrogen) atoms.